The van der Waals surface area contributed by atoms with Gasteiger partial charge in [-0.05, 0) is 61.4 Å². The van der Waals surface area contributed by atoms with Gasteiger partial charge in [0, 0.05) is 36.7 Å². The molecule has 1 aromatic heterocycles. The molecular formula is C27H31FN4O2. The lowest BCUT2D eigenvalue weighted by molar-refractivity contribution is -0.0873. The van der Waals surface area contributed by atoms with E-state index in [0.29, 0.717) is 55.6 Å². The molecule has 1 unspecified atom stereocenters. The second kappa shape index (κ2) is 7.93. The maximum Gasteiger partial charge on any atom is 0.213 e. The first kappa shape index (κ1) is 21.8. The van der Waals surface area contributed by atoms with Gasteiger partial charge in [-0.1, -0.05) is 13.0 Å². The summed E-state index contributed by atoms with van der Waals surface area (Å²) in [6.07, 6.45) is 4.23. The van der Waals surface area contributed by atoms with Crippen LogP contribution >= 0.6 is 0 Å². The number of alkyl halides is 1. The van der Waals surface area contributed by atoms with Crippen molar-refractivity contribution in [2.75, 3.05) is 25.4 Å². The number of aromatic nitrogens is 1. The molecule has 0 radical (unpaired) electrons. The third-order valence-electron chi connectivity index (χ3n) is 8.60. The van der Waals surface area contributed by atoms with Gasteiger partial charge in [-0.15, -0.1) is 0 Å². The number of anilines is 1. The summed E-state index contributed by atoms with van der Waals surface area (Å²) in [4.78, 5) is 7.15. The second-order valence-electron chi connectivity index (χ2n) is 10.6. The number of nitriles is 1. The Morgan fingerprint density at radius 2 is 2.21 bits per heavy atom. The summed E-state index contributed by atoms with van der Waals surface area (Å²) in [5.41, 5.74) is 10.5. The van der Waals surface area contributed by atoms with Crippen molar-refractivity contribution in [1.82, 2.24) is 9.88 Å². The summed E-state index contributed by atoms with van der Waals surface area (Å²) < 4.78 is 26.8. The van der Waals surface area contributed by atoms with Crippen molar-refractivity contribution >= 4 is 5.69 Å². The number of hydrogen-bond donors (Lipinski definition) is 1. The Balaban J connectivity index is 1.30. The summed E-state index contributed by atoms with van der Waals surface area (Å²) in [6, 6.07) is 10.2. The zero-order valence-corrected chi connectivity index (χ0v) is 19.6. The van der Waals surface area contributed by atoms with E-state index in [0.717, 1.165) is 54.6 Å². The quantitative estimate of drug-likeness (QED) is 0.683. The highest BCUT2D eigenvalue weighted by molar-refractivity contribution is 5.63. The fraction of sp³-hybridized carbons (Fsp3) is 0.556. The lowest BCUT2D eigenvalue weighted by Gasteiger charge is -2.44. The van der Waals surface area contributed by atoms with Crippen LogP contribution in [-0.2, 0) is 23.4 Å². The van der Waals surface area contributed by atoms with Crippen LogP contribution < -0.4 is 10.5 Å². The number of pyridine rings is 1. The number of benzene rings is 1. The fourth-order valence-corrected chi connectivity index (χ4v) is 6.78. The van der Waals surface area contributed by atoms with Gasteiger partial charge in [0.15, 0.2) is 0 Å². The van der Waals surface area contributed by atoms with Gasteiger partial charge in [-0.3, -0.25) is 4.90 Å². The first-order valence-corrected chi connectivity index (χ1v) is 12.4. The minimum atomic E-state index is -0.770. The molecule has 1 aliphatic carbocycles. The van der Waals surface area contributed by atoms with Crippen molar-refractivity contribution in [2.24, 2.45) is 0 Å². The molecule has 4 heterocycles. The second-order valence-corrected chi connectivity index (χ2v) is 10.6. The third-order valence-corrected chi connectivity index (χ3v) is 8.60. The van der Waals surface area contributed by atoms with Crippen LogP contribution in [0.1, 0.15) is 72.9 Å². The number of rotatable bonds is 3. The zero-order chi connectivity index (χ0) is 23.5. The largest absolute Gasteiger partial charge is 0.476 e. The van der Waals surface area contributed by atoms with Crippen molar-refractivity contribution in [3.8, 4) is 11.9 Å². The molecule has 0 saturated carbocycles. The van der Waals surface area contributed by atoms with Gasteiger partial charge in [0.2, 0.25) is 5.88 Å². The first-order valence-electron chi connectivity index (χ1n) is 12.4. The molecule has 2 fully saturated rings. The SMILES string of the molecule is C[C@H]1CC[C@]2(Cc3nc(OCC45CCCN4C[C@H](F)C5)ccc3CO2)c2c1ccc(N)c2C#N. The van der Waals surface area contributed by atoms with E-state index in [2.05, 4.69) is 24.0 Å². The molecule has 6 rings (SSSR count). The number of hydrogen-bond acceptors (Lipinski definition) is 6. The van der Waals surface area contributed by atoms with Crippen molar-refractivity contribution < 1.29 is 13.9 Å². The van der Waals surface area contributed by atoms with Crippen molar-refractivity contribution in [3.63, 3.8) is 0 Å². The Morgan fingerprint density at radius 1 is 1.32 bits per heavy atom. The van der Waals surface area contributed by atoms with Gasteiger partial charge >= 0.3 is 0 Å². The summed E-state index contributed by atoms with van der Waals surface area (Å²) in [6.45, 7) is 4.57. The molecule has 2 saturated heterocycles. The lowest BCUT2D eigenvalue weighted by Crippen LogP contribution is -2.43. The molecular weight excluding hydrogens is 431 g/mol. The maximum absolute atomic E-state index is 14.1. The standard InChI is InChI=1S/C27H31FN4O2/c1-17-7-9-27(25-20(17)4-5-22(30)21(25)13-29)12-23-18(15-34-27)3-6-24(31-23)33-16-26-8-2-10-32(26)14-19(28)11-26/h3-6,17,19H,2,7-12,14-16,30H2,1H3/t17-,19+,26?,27-/m0/s1. The van der Waals surface area contributed by atoms with Crippen molar-refractivity contribution in [1.29, 1.82) is 5.26 Å². The highest BCUT2D eigenvalue weighted by Gasteiger charge is 2.49. The summed E-state index contributed by atoms with van der Waals surface area (Å²) in [5, 5.41) is 9.93. The van der Waals surface area contributed by atoms with Gasteiger partial charge in [0.05, 0.1) is 23.4 Å². The van der Waals surface area contributed by atoms with Gasteiger partial charge in [0.1, 0.15) is 24.4 Å². The van der Waals surface area contributed by atoms with Crippen molar-refractivity contribution in [3.05, 3.63) is 52.2 Å². The van der Waals surface area contributed by atoms with Crippen LogP contribution in [0.15, 0.2) is 24.3 Å². The topological polar surface area (TPSA) is 84.4 Å². The number of nitrogens with two attached hydrogens (primary N) is 1. The minimum Gasteiger partial charge on any atom is -0.476 e. The molecule has 0 amide bonds. The molecule has 34 heavy (non-hydrogen) atoms. The molecule has 4 atom stereocenters. The number of halogens is 1. The molecule has 3 aliphatic heterocycles. The number of nitrogens with zero attached hydrogens (tertiary/aromatic N) is 3. The van der Waals surface area contributed by atoms with Crippen molar-refractivity contribution in [2.45, 2.75) is 75.3 Å². The van der Waals surface area contributed by atoms with Crippen LogP contribution in [0.5, 0.6) is 5.88 Å². The maximum atomic E-state index is 14.1. The van der Waals surface area contributed by atoms with Crippen LogP contribution in [0.25, 0.3) is 0 Å². The number of fused-ring (bicyclic) bond motifs is 4. The Hall–Kier alpha value is -2.69. The predicted octanol–water partition coefficient (Wildman–Crippen LogP) is 4.36. The van der Waals surface area contributed by atoms with Crippen LogP contribution in [-0.4, -0.2) is 41.3 Å². The molecule has 4 aliphatic rings. The summed E-state index contributed by atoms with van der Waals surface area (Å²) in [7, 11) is 0. The molecule has 1 spiro atoms. The Bertz CT molecular complexity index is 1180. The van der Waals surface area contributed by atoms with Gasteiger partial charge < -0.3 is 15.2 Å². The highest BCUT2D eigenvalue weighted by Crippen LogP contribution is 2.50. The number of nitrogen functional groups attached to an aromatic ring is 1. The monoisotopic (exact) mass is 462 g/mol. The molecule has 0 bridgehead atoms. The van der Waals surface area contributed by atoms with Crippen LogP contribution in [0.2, 0.25) is 0 Å². The molecule has 2 aromatic rings. The normalized spacial score (nSPS) is 32.1. The van der Waals surface area contributed by atoms with Crippen LogP contribution in [0, 0.1) is 11.3 Å². The Morgan fingerprint density at radius 3 is 3.06 bits per heavy atom. The smallest absolute Gasteiger partial charge is 0.213 e. The zero-order valence-electron chi connectivity index (χ0n) is 19.6. The molecule has 6 nitrogen and oxygen atoms in total. The average molecular weight is 463 g/mol. The average Bonchev–Trinajstić information content (AvgIpc) is 3.35. The number of ether oxygens (including phenoxy) is 2. The lowest BCUT2D eigenvalue weighted by atomic mass is 9.69. The van der Waals surface area contributed by atoms with E-state index in [4.69, 9.17) is 20.2 Å². The molecule has 1 aromatic carbocycles. The van der Waals surface area contributed by atoms with Gasteiger partial charge in [-0.2, -0.15) is 5.26 Å². The third kappa shape index (κ3) is 3.30. The van der Waals surface area contributed by atoms with Gasteiger partial charge in [-0.25, -0.2) is 9.37 Å². The van der Waals surface area contributed by atoms with E-state index < -0.39 is 11.8 Å². The van der Waals surface area contributed by atoms with E-state index in [9.17, 15) is 9.65 Å². The van der Waals surface area contributed by atoms with Gasteiger partial charge in [0.25, 0.3) is 0 Å². The fourth-order valence-electron chi connectivity index (χ4n) is 6.78. The highest BCUT2D eigenvalue weighted by atomic mass is 19.1. The summed E-state index contributed by atoms with van der Waals surface area (Å²) >= 11 is 0. The minimum absolute atomic E-state index is 0.195. The van der Waals surface area contributed by atoms with E-state index in [-0.39, 0.29) is 5.54 Å². The van der Waals surface area contributed by atoms with Crippen LogP contribution in [0.3, 0.4) is 0 Å². The van der Waals surface area contributed by atoms with E-state index >= 15 is 0 Å². The van der Waals surface area contributed by atoms with E-state index in [1.165, 1.54) is 0 Å². The van der Waals surface area contributed by atoms with Crippen LogP contribution in [0.4, 0.5) is 10.1 Å². The Labute approximate surface area is 199 Å². The molecule has 7 heteroatoms. The van der Waals surface area contributed by atoms with E-state index in [1.54, 1.807) is 0 Å². The Kier molecular flexibility index (Phi) is 5.09. The first-order chi connectivity index (χ1) is 16.4. The molecule has 2 N–H and O–H groups in total. The predicted molar refractivity (Wildman–Crippen MR) is 126 cm³/mol. The molecule has 178 valence electrons. The summed E-state index contributed by atoms with van der Waals surface area (Å²) in [5.74, 6) is 0.928. The van der Waals surface area contributed by atoms with E-state index in [1.807, 2.05) is 18.2 Å².